The van der Waals surface area contributed by atoms with E-state index < -0.39 is 0 Å². The number of hydrogen-bond acceptors (Lipinski definition) is 3. The predicted molar refractivity (Wildman–Crippen MR) is 93.2 cm³/mol. The second-order valence-electron chi connectivity index (χ2n) is 8.03. The Kier molecular flexibility index (Phi) is 3.16. The van der Waals surface area contributed by atoms with Crippen LogP contribution in [0, 0.1) is 17.8 Å². The highest BCUT2D eigenvalue weighted by Gasteiger charge is 2.64. The van der Waals surface area contributed by atoms with Crippen LogP contribution in [0.5, 0.6) is 0 Å². The normalized spacial score (nSPS) is 46.9. The molecule has 1 aromatic rings. The predicted octanol–water partition coefficient (Wildman–Crippen LogP) is 4.64. The number of nitrogens with zero attached hydrogens (tertiary/aromatic N) is 1. The zero-order chi connectivity index (χ0) is 14.9. The molecule has 2 nitrogen and oxygen atoms in total. The molecule has 0 spiro atoms. The minimum absolute atomic E-state index is 0.0189. The quantitative estimate of drug-likeness (QED) is 0.755. The molecule has 0 amide bonds. The number of hydrogen-bond donors (Lipinski definition) is 0. The first-order chi connectivity index (χ1) is 10.7. The summed E-state index contributed by atoms with van der Waals surface area (Å²) in [6.07, 6.45) is 8.49. The number of likely N-dealkylation sites (tertiary alicyclic amines) is 1. The molecule has 0 unspecified atom stereocenters. The summed E-state index contributed by atoms with van der Waals surface area (Å²) in [5, 5.41) is 0. The van der Waals surface area contributed by atoms with Crippen molar-refractivity contribution >= 4 is 27.3 Å². The summed E-state index contributed by atoms with van der Waals surface area (Å²) in [6.45, 7) is 2.51. The molecular formula is C18H24BrNOS. The van der Waals surface area contributed by atoms with Crippen molar-refractivity contribution in [1.82, 2.24) is 4.90 Å². The first-order valence-corrected chi connectivity index (χ1v) is 10.3. The molecule has 6 rings (SSSR count). The van der Waals surface area contributed by atoms with Crippen molar-refractivity contribution < 1.29 is 4.74 Å². The first-order valence-electron chi connectivity index (χ1n) is 8.72. The summed E-state index contributed by atoms with van der Waals surface area (Å²) in [5.41, 5.74) is 0.601. The molecule has 120 valence electrons. The van der Waals surface area contributed by atoms with Gasteiger partial charge in [0.25, 0.3) is 0 Å². The fourth-order valence-corrected chi connectivity index (χ4v) is 7.71. The highest BCUT2D eigenvalue weighted by Crippen LogP contribution is 2.63. The minimum atomic E-state index is -0.0189. The second-order valence-corrected chi connectivity index (χ2v) is 10.5. The van der Waals surface area contributed by atoms with Crippen molar-refractivity contribution in [2.24, 2.45) is 17.8 Å². The van der Waals surface area contributed by atoms with Gasteiger partial charge >= 0.3 is 0 Å². The van der Waals surface area contributed by atoms with Crippen molar-refractivity contribution in [3.05, 3.63) is 20.8 Å². The maximum atomic E-state index is 6.33. The van der Waals surface area contributed by atoms with Gasteiger partial charge in [0.15, 0.2) is 0 Å². The van der Waals surface area contributed by atoms with Crippen LogP contribution < -0.4 is 0 Å². The van der Waals surface area contributed by atoms with Crippen molar-refractivity contribution in [2.75, 3.05) is 20.2 Å². The number of rotatable bonds is 3. The number of piperidine rings is 1. The molecule has 4 saturated carbocycles. The molecule has 0 N–H and O–H groups in total. The Morgan fingerprint density at radius 3 is 2.32 bits per heavy atom. The molecule has 1 saturated heterocycles. The molecule has 4 heteroatoms. The lowest BCUT2D eigenvalue weighted by Crippen LogP contribution is -2.73. The van der Waals surface area contributed by atoms with Gasteiger partial charge in [-0.05, 0) is 66.1 Å². The molecule has 3 atom stereocenters. The van der Waals surface area contributed by atoms with E-state index in [9.17, 15) is 0 Å². The second kappa shape index (κ2) is 4.81. The van der Waals surface area contributed by atoms with Gasteiger partial charge in [-0.15, -0.1) is 11.3 Å². The summed E-state index contributed by atoms with van der Waals surface area (Å²) < 4.78 is 7.57. The maximum Gasteiger partial charge on any atom is 0.110 e. The van der Waals surface area contributed by atoms with Crippen LogP contribution in [0.3, 0.4) is 0 Å². The molecule has 1 aromatic heterocycles. The Morgan fingerprint density at radius 2 is 1.86 bits per heavy atom. The van der Waals surface area contributed by atoms with E-state index in [1.54, 1.807) is 0 Å². The van der Waals surface area contributed by atoms with Gasteiger partial charge < -0.3 is 4.74 Å². The Balaban J connectivity index is 1.50. The zero-order valence-corrected chi connectivity index (χ0v) is 15.6. The van der Waals surface area contributed by atoms with Crippen molar-refractivity contribution in [3.63, 3.8) is 0 Å². The molecule has 4 aliphatic carbocycles. The third-order valence-electron chi connectivity index (χ3n) is 7.17. The van der Waals surface area contributed by atoms with E-state index in [0.29, 0.717) is 17.4 Å². The van der Waals surface area contributed by atoms with E-state index in [-0.39, 0.29) is 5.60 Å². The number of thiophene rings is 1. The number of methoxy groups -OCH3 is 1. The summed E-state index contributed by atoms with van der Waals surface area (Å²) in [6, 6.07) is 4.50. The van der Waals surface area contributed by atoms with Crippen molar-refractivity contribution in [1.29, 1.82) is 0 Å². The highest BCUT2D eigenvalue weighted by atomic mass is 79.9. The van der Waals surface area contributed by atoms with Gasteiger partial charge in [0.1, 0.15) is 5.60 Å². The smallest absolute Gasteiger partial charge is 0.110 e. The monoisotopic (exact) mass is 381 g/mol. The number of halogens is 1. The highest BCUT2D eigenvalue weighted by molar-refractivity contribution is 9.11. The Hall–Kier alpha value is 0.1000. The molecular weight excluding hydrogens is 358 g/mol. The molecule has 22 heavy (non-hydrogen) atoms. The van der Waals surface area contributed by atoms with Crippen LogP contribution in [0.4, 0.5) is 0 Å². The van der Waals surface area contributed by atoms with E-state index in [1.165, 1.54) is 60.3 Å². The van der Waals surface area contributed by atoms with E-state index in [1.807, 2.05) is 18.4 Å². The van der Waals surface area contributed by atoms with E-state index in [2.05, 4.69) is 33.0 Å². The maximum absolute atomic E-state index is 6.33. The third-order valence-corrected chi connectivity index (χ3v) is 8.93. The first kappa shape index (κ1) is 14.4. The van der Waals surface area contributed by atoms with Crippen LogP contribution in [0.15, 0.2) is 15.9 Å². The lowest BCUT2D eigenvalue weighted by atomic mass is 9.48. The van der Waals surface area contributed by atoms with E-state index in [4.69, 9.17) is 4.74 Å². The Bertz CT molecular complexity index is 569. The van der Waals surface area contributed by atoms with Gasteiger partial charge in [0, 0.05) is 42.5 Å². The molecule has 0 aromatic carbocycles. The zero-order valence-electron chi connectivity index (χ0n) is 13.2. The molecule has 0 radical (unpaired) electrons. The lowest BCUT2D eigenvalue weighted by molar-refractivity contribution is -0.225. The molecule has 2 heterocycles. The SMILES string of the molecule is CO[C@@]1(c2ccc(Br)s2)[C@@H]2CCC[C@H]1CN(C13CC(C1)C3)C2. The van der Waals surface area contributed by atoms with Crippen LogP contribution in [0.1, 0.15) is 43.4 Å². The van der Waals surface area contributed by atoms with Crippen molar-refractivity contribution in [3.8, 4) is 0 Å². The van der Waals surface area contributed by atoms with E-state index in [0.717, 1.165) is 5.92 Å². The number of ether oxygens (including phenoxy) is 1. The van der Waals surface area contributed by atoms with Crippen LogP contribution in [0.25, 0.3) is 0 Å². The fourth-order valence-electron chi connectivity index (χ4n) is 6.00. The van der Waals surface area contributed by atoms with Gasteiger partial charge in [-0.1, -0.05) is 6.42 Å². The fraction of sp³-hybridized carbons (Fsp3) is 0.778. The minimum Gasteiger partial charge on any atom is -0.372 e. The summed E-state index contributed by atoms with van der Waals surface area (Å²) in [5.74, 6) is 2.41. The van der Waals surface area contributed by atoms with Crippen molar-refractivity contribution in [2.45, 2.75) is 49.7 Å². The Morgan fingerprint density at radius 1 is 1.18 bits per heavy atom. The molecule has 5 aliphatic rings. The van der Waals surface area contributed by atoms with Gasteiger partial charge in [-0.25, -0.2) is 0 Å². The van der Waals surface area contributed by atoms with Crippen LogP contribution in [-0.4, -0.2) is 30.6 Å². The topological polar surface area (TPSA) is 12.5 Å². The average Bonchev–Trinajstić information content (AvgIpc) is 2.81. The standard InChI is InChI=1S/C18H24BrNOS/c1-21-18(15-5-6-16(19)22-15)13-3-2-4-14(18)11-20(10-13)17-7-12(8-17)9-17/h5-6,12-14H,2-4,7-11H2,1H3/t12?,13-,14+,17?,18+. The van der Waals surface area contributed by atoms with Crippen LogP contribution in [0.2, 0.25) is 0 Å². The average molecular weight is 382 g/mol. The lowest BCUT2D eigenvalue weighted by Gasteiger charge is -2.70. The Labute approximate surface area is 145 Å². The third kappa shape index (κ3) is 1.73. The van der Waals surface area contributed by atoms with Crippen LogP contribution in [-0.2, 0) is 10.3 Å². The largest absolute Gasteiger partial charge is 0.372 e. The molecule has 1 aliphatic heterocycles. The summed E-state index contributed by atoms with van der Waals surface area (Å²) >= 11 is 5.54. The van der Waals surface area contributed by atoms with E-state index >= 15 is 0 Å². The van der Waals surface area contributed by atoms with Gasteiger partial charge in [-0.3, -0.25) is 4.90 Å². The van der Waals surface area contributed by atoms with Gasteiger partial charge in [0.2, 0.25) is 0 Å². The van der Waals surface area contributed by atoms with Gasteiger partial charge in [0.05, 0.1) is 3.79 Å². The molecule has 4 bridgehead atoms. The van der Waals surface area contributed by atoms with Crippen LogP contribution >= 0.6 is 27.3 Å². The summed E-state index contributed by atoms with van der Waals surface area (Å²) in [7, 11) is 1.95. The van der Waals surface area contributed by atoms with Gasteiger partial charge in [-0.2, -0.15) is 0 Å². The molecule has 5 fully saturated rings. The summed E-state index contributed by atoms with van der Waals surface area (Å²) in [4.78, 5) is 4.33. The number of fused-ring (bicyclic) bond motifs is 2.